The number of carbonyl (C=O) groups excluding carboxylic acids is 1. The van der Waals surface area contributed by atoms with Gasteiger partial charge < -0.3 is 5.32 Å². The summed E-state index contributed by atoms with van der Waals surface area (Å²) in [5.41, 5.74) is 2.52. The Morgan fingerprint density at radius 1 is 1.36 bits per heavy atom. The van der Waals surface area contributed by atoms with E-state index in [1.807, 2.05) is 6.07 Å². The van der Waals surface area contributed by atoms with Crippen LogP contribution in [0.2, 0.25) is 0 Å². The number of benzene rings is 1. The van der Waals surface area contributed by atoms with Gasteiger partial charge in [0.15, 0.2) is 5.13 Å². The Morgan fingerprint density at radius 2 is 2.16 bits per heavy atom. The third-order valence-electron chi connectivity index (χ3n) is 4.73. The molecular weight excluding hydrogens is 330 g/mol. The van der Waals surface area contributed by atoms with Crippen molar-refractivity contribution in [3.05, 3.63) is 46.5 Å². The zero-order chi connectivity index (χ0) is 17.6. The molecule has 0 saturated heterocycles. The number of anilines is 1. The minimum absolute atomic E-state index is 0.147. The van der Waals surface area contributed by atoms with Gasteiger partial charge in [0.2, 0.25) is 0 Å². The molecule has 0 unspecified atom stereocenters. The fourth-order valence-electron chi connectivity index (χ4n) is 3.28. The van der Waals surface area contributed by atoms with Crippen LogP contribution in [0.5, 0.6) is 0 Å². The Hall–Kier alpha value is -1.88. The molecule has 2 aromatic rings. The molecule has 2 amide bonds. The molecule has 0 spiro atoms. The predicted octanol–water partition coefficient (Wildman–Crippen LogP) is 4.80. The van der Waals surface area contributed by atoms with Crippen LogP contribution in [-0.4, -0.2) is 17.1 Å². The molecule has 25 heavy (non-hydrogen) atoms. The van der Waals surface area contributed by atoms with Gasteiger partial charge >= 0.3 is 6.03 Å². The van der Waals surface area contributed by atoms with E-state index in [0.717, 1.165) is 43.2 Å². The minimum atomic E-state index is -0.147. The predicted molar refractivity (Wildman–Crippen MR) is 104 cm³/mol. The van der Waals surface area contributed by atoms with Crippen LogP contribution >= 0.6 is 11.3 Å². The van der Waals surface area contributed by atoms with Crippen LogP contribution in [0.25, 0.3) is 0 Å². The van der Waals surface area contributed by atoms with Gasteiger partial charge in [0.05, 0.1) is 5.69 Å². The largest absolute Gasteiger partial charge is 0.335 e. The lowest BCUT2D eigenvalue weighted by Crippen LogP contribution is -2.36. The Labute approximate surface area is 154 Å². The van der Waals surface area contributed by atoms with E-state index >= 15 is 0 Å². The third kappa shape index (κ3) is 5.30. The molecule has 0 aliphatic heterocycles. The van der Waals surface area contributed by atoms with Crippen LogP contribution in [0.1, 0.15) is 49.2 Å². The number of rotatable bonds is 6. The molecule has 1 aliphatic rings. The summed E-state index contributed by atoms with van der Waals surface area (Å²) >= 11 is 1.63. The van der Waals surface area contributed by atoms with E-state index in [2.05, 4.69) is 53.7 Å². The van der Waals surface area contributed by atoms with E-state index in [4.69, 9.17) is 0 Å². The first-order chi connectivity index (χ1) is 12.1. The maximum absolute atomic E-state index is 12.2. The van der Waals surface area contributed by atoms with Crippen molar-refractivity contribution in [2.24, 2.45) is 5.92 Å². The first-order valence-electron chi connectivity index (χ1n) is 9.20. The maximum atomic E-state index is 12.2. The van der Waals surface area contributed by atoms with E-state index in [1.165, 1.54) is 22.6 Å². The summed E-state index contributed by atoms with van der Waals surface area (Å²) in [4.78, 5) is 18.1. The standard InChI is InChI=1S/C20H27N3OS/c1-14-11-12-17-18(13-14)25-20(22-17)23-19(24)21-15(2)7-6-10-16-8-4-3-5-9-16/h3-5,8-9,14-15H,6-7,10-13H2,1-2H3,(H2,21,22,23,24)/t14-,15-/m1/s1. The lowest BCUT2D eigenvalue weighted by molar-refractivity contribution is 0.248. The summed E-state index contributed by atoms with van der Waals surface area (Å²) in [6.07, 6.45) is 6.40. The molecule has 1 aliphatic carbocycles. The normalized spacial score (nSPS) is 17.6. The molecule has 5 heteroatoms. The Balaban J connectivity index is 1.41. The smallest absolute Gasteiger partial charge is 0.321 e. The van der Waals surface area contributed by atoms with Gasteiger partial charge in [0.25, 0.3) is 0 Å². The van der Waals surface area contributed by atoms with Crippen LogP contribution in [0, 0.1) is 5.92 Å². The van der Waals surface area contributed by atoms with Gasteiger partial charge in [-0.15, -0.1) is 11.3 Å². The molecule has 1 aromatic heterocycles. The van der Waals surface area contributed by atoms with E-state index in [-0.39, 0.29) is 12.1 Å². The Bertz CT molecular complexity index is 698. The highest BCUT2D eigenvalue weighted by atomic mass is 32.1. The molecule has 134 valence electrons. The van der Waals surface area contributed by atoms with Gasteiger partial charge in [-0.05, 0) is 56.9 Å². The minimum Gasteiger partial charge on any atom is -0.335 e. The summed E-state index contributed by atoms with van der Waals surface area (Å²) in [6.45, 7) is 4.33. The highest BCUT2D eigenvalue weighted by molar-refractivity contribution is 7.15. The van der Waals surface area contributed by atoms with Gasteiger partial charge in [-0.3, -0.25) is 5.32 Å². The molecule has 2 atom stereocenters. The number of carbonyl (C=O) groups is 1. The summed E-state index contributed by atoms with van der Waals surface area (Å²) in [5, 5.41) is 6.66. The fraction of sp³-hybridized carbons (Fsp3) is 0.500. The SMILES string of the molecule is C[C@@H]1CCc2nc(NC(=O)N[C@H](C)CCCc3ccccc3)sc2C1. The number of fused-ring (bicyclic) bond motifs is 1. The maximum Gasteiger partial charge on any atom is 0.321 e. The van der Waals surface area contributed by atoms with Crippen LogP contribution in [0.4, 0.5) is 9.93 Å². The van der Waals surface area contributed by atoms with Crippen LogP contribution < -0.4 is 10.6 Å². The summed E-state index contributed by atoms with van der Waals surface area (Å²) < 4.78 is 0. The van der Waals surface area contributed by atoms with Gasteiger partial charge in [-0.1, -0.05) is 37.3 Å². The first kappa shape index (κ1) is 17.9. The molecule has 0 radical (unpaired) electrons. The van der Waals surface area contributed by atoms with Gasteiger partial charge in [-0.25, -0.2) is 9.78 Å². The quantitative estimate of drug-likeness (QED) is 0.780. The molecule has 0 fully saturated rings. The average Bonchev–Trinajstić information content (AvgIpc) is 2.96. The summed E-state index contributed by atoms with van der Waals surface area (Å²) in [6, 6.07) is 10.5. The monoisotopic (exact) mass is 357 g/mol. The second kappa shape index (κ2) is 8.48. The zero-order valence-electron chi connectivity index (χ0n) is 15.0. The zero-order valence-corrected chi connectivity index (χ0v) is 15.9. The number of thiazole rings is 1. The van der Waals surface area contributed by atoms with E-state index in [1.54, 1.807) is 11.3 Å². The molecule has 2 N–H and O–H groups in total. The van der Waals surface area contributed by atoms with Gasteiger partial charge in [-0.2, -0.15) is 0 Å². The first-order valence-corrected chi connectivity index (χ1v) is 10.0. The number of aromatic nitrogens is 1. The molecule has 4 nitrogen and oxygen atoms in total. The second-order valence-corrected chi connectivity index (χ2v) is 8.20. The van der Waals surface area contributed by atoms with Crippen LogP contribution in [-0.2, 0) is 19.3 Å². The van der Waals surface area contributed by atoms with Crippen LogP contribution in [0.3, 0.4) is 0 Å². The van der Waals surface area contributed by atoms with Crippen LogP contribution in [0.15, 0.2) is 30.3 Å². The molecule has 0 saturated carbocycles. The van der Waals surface area contributed by atoms with Crippen molar-refractivity contribution >= 4 is 22.5 Å². The van der Waals surface area contributed by atoms with Gasteiger partial charge in [0, 0.05) is 10.9 Å². The summed E-state index contributed by atoms with van der Waals surface area (Å²) in [7, 11) is 0. The number of hydrogen-bond donors (Lipinski definition) is 2. The van der Waals surface area contributed by atoms with Crippen molar-refractivity contribution < 1.29 is 4.79 Å². The fourth-order valence-corrected chi connectivity index (χ4v) is 4.45. The van der Waals surface area contributed by atoms with Crippen molar-refractivity contribution in [2.75, 3.05) is 5.32 Å². The molecule has 1 heterocycles. The van der Waals surface area contributed by atoms with E-state index in [9.17, 15) is 4.79 Å². The van der Waals surface area contributed by atoms with Crippen molar-refractivity contribution in [2.45, 2.75) is 58.4 Å². The molecule has 1 aromatic carbocycles. The topological polar surface area (TPSA) is 54.0 Å². The Morgan fingerprint density at radius 3 is 2.96 bits per heavy atom. The van der Waals surface area contributed by atoms with Crippen molar-refractivity contribution in [3.8, 4) is 0 Å². The highest BCUT2D eigenvalue weighted by Crippen LogP contribution is 2.32. The molecular formula is C20H27N3OS. The number of amides is 2. The average molecular weight is 358 g/mol. The van der Waals surface area contributed by atoms with E-state index < -0.39 is 0 Å². The van der Waals surface area contributed by atoms with Crippen molar-refractivity contribution in [1.29, 1.82) is 0 Å². The third-order valence-corrected chi connectivity index (χ3v) is 5.76. The van der Waals surface area contributed by atoms with Crippen molar-refractivity contribution in [3.63, 3.8) is 0 Å². The molecule has 3 rings (SSSR count). The number of nitrogens with one attached hydrogen (secondary N) is 2. The lowest BCUT2D eigenvalue weighted by Gasteiger charge is -2.15. The highest BCUT2D eigenvalue weighted by Gasteiger charge is 2.20. The molecule has 0 bridgehead atoms. The Kier molecular flexibility index (Phi) is 6.08. The number of nitrogens with zero attached hydrogens (tertiary/aromatic N) is 1. The number of urea groups is 1. The van der Waals surface area contributed by atoms with Crippen molar-refractivity contribution in [1.82, 2.24) is 10.3 Å². The number of aryl methyl sites for hydroxylation is 2. The van der Waals surface area contributed by atoms with E-state index in [0.29, 0.717) is 0 Å². The lowest BCUT2D eigenvalue weighted by atomic mass is 9.93. The second-order valence-electron chi connectivity index (χ2n) is 7.11. The summed E-state index contributed by atoms with van der Waals surface area (Å²) in [5.74, 6) is 0.722. The number of hydrogen-bond acceptors (Lipinski definition) is 3. The van der Waals surface area contributed by atoms with Gasteiger partial charge in [0.1, 0.15) is 0 Å².